The van der Waals surface area contributed by atoms with Gasteiger partial charge in [-0.1, -0.05) is 6.92 Å². The molecule has 0 aromatic heterocycles. The quantitative estimate of drug-likeness (QED) is 0.817. The van der Waals surface area contributed by atoms with Crippen molar-refractivity contribution in [2.45, 2.75) is 70.3 Å². The molecule has 0 aromatic carbocycles. The van der Waals surface area contributed by atoms with E-state index in [1.165, 1.54) is 12.8 Å². The van der Waals surface area contributed by atoms with Crippen LogP contribution in [0, 0.1) is 40.9 Å². The maximum atomic E-state index is 13.2. The number of carbonyl (C=O) groups excluding carboxylic acids is 1. The summed E-state index contributed by atoms with van der Waals surface area (Å²) in [6.07, 6.45) is 8.84. The van der Waals surface area contributed by atoms with Gasteiger partial charge in [0.1, 0.15) is 13.3 Å². The maximum Gasteiger partial charge on any atom is 0.161 e. The second kappa shape index (κ2) is 6.30. The number of aliphatic hydroxyl groups excluding tert-OH is 1. The van der Waals surface area contributed by atoms with Crippen LogP contribution in [0.2, 0.25) is 0 Å². The van der Waals surface area contributed by atoms with Gasteiger partial charge in [0.05, 0.1) is 5.60 Å². The molecule has 4 aliphatic rings. The van der Waals surface area contributed by atoms with Gasteiger partial charge in [0.25, 0.3) is 0 Å². The number of alkyl halides is 1. The van der Waals surface area contributed by atoms with Gasteiger partial charge in [0.15, 0.2) is 5.78 Å². The number of hydrogen-bond acceptors (Lipinski definition) is 3. The van der Waals surface area contributed by atoms with Gasteiger partial charge in [-0.15, -0.1) is 0 Å². The Bertz CT molecular complexity index is 537. The molecule has 0 bridgehead atoms. The van der Waals surface area contributed by atoms with E-state index in [2.05, 4.69) is 6.92 Å². The minimum Gasteiger partial charge on any atom is -0.389 e. The van der Waals surface area contributed by atoms with Crippen molar-refractivity contribution in [1.82, 2.24) is 0 Å². The molecule has 4 rings (SSSR count). The molecule has 4 fully saturated rings. The molecular formula is C21H33FO3. The van der Waals surface area contributed by atoms with E-state index in [9.17, 15) is 19.4 Å². The molecule has 0 unspecified atom stereocenters. The summed E-state index contributed by atoms with van der Waals surface area (Å²) in [7, 11) is 0. The van der Waals surface area contributed by atoms with Crippen LogP contribution < -0.4 is 0 Å². The van der Waals surface area contributed by atoms with Crippen LogP contribution in [0.3, 0.4) is 0 Å². The molecule has 2 N–H and O–H groups in total. The molecule has 0 radical (unpaired) electrons. The van der Waals surface area contributed by atoms with E-state index in [-0.39, 0.29) is 23.7 Å². The highest BCUT2D eigenvalue weighted by molar-refractivity contribution is 5.83. The number of ketones is 1. The zero-order chi connectivity index (χ0) is 17.8. The van der Waals surface area contributed by atoms with E-state index in [1.807, 2.05) is 0 Å². The Labute approximate surface area is 150 Å². The van der Waals surface area contributed by atoms with Crippen molar-refractivity contribution in [1.29, 1.82) is 0 Å². The van der Waals surface area contributed by atoms with Crippen molar-refractivity contribution in [3.8, 4) is 0 Å². The number of rotatable bonds is 3. The standard InChI is InChI=1S/C21H33FO3/c1-20-8-6-15-14-7-9-21(25,12-22)10-13(14)2-3-16(15)17(20)4-5-18(20)19(24)11-23/h13-18,23,25H,2-12H2,1H3/t13-,14-,15+,16+,17-,18+,20-,21+/m0/s1. The lowest BCUT2D eigenvalue weighted by Gasteiger charge is -2.56. The van der Waals surface area contributed by atoms with E-state index in [0.717, 1.165) is 32.1 Å². The topological polar surface area (TPSA) is 57.5 Å². The summed E-state index contributed by atoms with van der Waals surface area (Å²) in [5.41, 5.74) is -0.995. The first kappa shape index (κ1) is 17.9. The average molecular weight is 352 g/mol. The monoisotopic (exact) mass is 352 g/mol. The third-order valence-corrected chi connectivity index (χ3v) is 8.90. The van der Waals surface area contributed by atoms with E-state index >= 15 is 0 Å². The molecule has 25 heavy (non-hydrogen) atoms. The Kier molecular flexibility index (Phi) is 4.51. The zero-order valence-electron chi connectivity index (χ0n) is 15.4. The number of aliphatic hydroxyl groups is 2. The van der Waals surface area contributed by atoms with Gasteiger partial charge in [-0.3, -0.25) is 4.79 Å². The van der Waals surface area contributed by atoms with Gasteiger partial charge in [0.2, 0.25) is 0 Å². The minimum absolute atomic E-state index is 0.0443. The minimum atomic E-state index is -1.07. The number of fused-ring (bicyclic) bond motifs is 5. The molecule has 0 amide bonds. The van der Waals surface area contributed by atoms with E-state index in [1.54, 1.807) is 0 Å². The molecule has 0 aromatic rings. The molecule has 142 valence electrons. The second-order valence-corrected chi connectivity index (χ2v) is 9.84. The molecule has 8 atom stereocenters. The highest BCUT2D eigenvalue weighted by atomic mass is 19.1. The molecule has 4 aliphatic carbocycles. The van der Waals surface area contributed by atoms with Gasteiger partial charge in [0, 0.05) is 5.92 Å². The zero-order valence-corrected chi connectivity index (χ0v) is 15.4. The van der Waals surface area contributed by atoms with E-state index in [0.29, 0.717) is 42.4 Å². The predicted molar refractivity (Wildman–Crippen MR) is 93.6 cm³/mol. The van der Waals surface area contributed by atoms with Crippen LogP contribution in [0.5, 0.6) is 0 Å². The molecule has 4 heteroatoms. The summed E-state index contributed by atoms with van der Waals surface area (Å²) in [5.74, 6) is 3.21. The SMILES string of the molecule is C[C@]12CC[C@H]3[C@@H](CC[C@H]4C[C@@](O)(CF)CC[C@@H]43)[C@@H]1CC[C@@H]2C(=O)CO. The lowest BCUT2D eigenvalue weighted by atomic mass is 9.49. The molecule has 0 saturated heterocycles. The molecule has 0 spiro atoms. The molecule has 3 nitrogen and oxygen atoms in total. The largest absolute Gasteiger partial charge is 0.389 e. The van der Waals surface area contributed by atoms with Gasteiger partial charge < -0.3 is 10.2 Å². The number of carbonyl (C=O) groups is 1. The van der Waals surface area contributed by atoms with Crippen molar-refractivity contribution < 1.29 is 19.4 Å². The van der Waals surface area contributed by atoms with Gasteiger partial charge in [-0.25, -0.2) is 4.39 Å². The summed E-state index contributed by atoms with van der Waals surface area (Å²) in [5, 5.41) is 19.7. The van der Waals surface area contributed by atoms with Crippen molar-refractivity contribution in [3.05, 3.63) is 0 Å². The fourth-order valence-electron chi connectivity index (χ4n) is 7.72. The smallest absolute Gasteiger partial charge is 0.161 e. The highest BCUT2D eigenvalue weighted by Crippen LogP contribution is 2.64. The van der Waals surface area contributed by atoms with Crippen LogP contribution in [0.15, 0.2) is 0 Å². The Morgan fingerprint density at radius 2 is 1.80 bits per heavy atom. The van der Waals surface area contributed by atoms with Crippen molar-refractivity contribution in [2.24, 2.45) is 40.9 Å². The van der Waals surface area contributed by atoms with E-state index < -0.39 is 12.3 Å². The Balaban J connectivity index is 1.52. The summed E-state index contributed by atoms with van der Waals surface area (Å²) in [6.45, 7) is 1.39. The molecule has 4 saturated carbocycles. The fourth-order valence-corrected chi connectivity index (χ4v) is 7.72. The van der Waals surface area contributed by atoms with Crippen molar-refractivity contribution in [2.75, 3.05) is 13.3 Å². The van der Waals surface area contributed by atoms with Crippen molar-refractivity contribution >= 4 is 5.78 Å². The first-order chi connectivity index (χ1) is 11.9. The van der Waals surface area contributed by atoms with Crippen LogP contribution >= 0.6 is 0 Å². The second-order valence-electron chi connectivity index (χ2n) is 9.84. The molecular weight excluding hydrogens is 319 g/mol. The summed E-state index contributed by atoms with van der Waals surface area (Å²) >= 11 is 0. The third-order valence-electron chi connectivity index (χ3n) is 8.90. The van der Waals surface area contributed by atoms with Crippen LogP contribution in [0.4, 0.5) is 4.39 Å². The lowest BCUT2D eigenvalue weighted by molar-refractivity contribution is -0.135. The van der Waals surface area contributed by atoms with Gasteiger partial charge >= 0.3 is 0 Å². The molecule has 0 aliphatic heterocycles. The number of hydrogen-bond donors (Lipinski definition) is 2. The summed E-state index contributed by atoms with van der Waals surface area (Å²) in [6, 6.07) is 0. The Morgan fingerprint density at radius 3 is 2.52 bits per heavy atom. The van der Waals surface area contributed by atoms with Crippen molar-refractivity contribution in [3.63, 3.8) is 0 Å². The molecule has 0 heterocycles. The highest BCUT2D eigenvalue weighted by Gasteiger charge is 2.58. The summed E-state index contributed by atoms with van der Waals surface area (Å²) < 4.78 is 13.2. The fraction of sp³-hybridized carbons (Fsp3) is 0.952. The maximum absolute atomic E-state index is 13.2. The van der Waals surface area contributed by atoms with Crippen LogP contribution in [-0.2, 0) is 4.79 Å². The normalized spacial score (nSPS) is 52.2. The average Bonchev–Trinajstić information content (AvgIpc) is 2.98. The summed E-state index contributed by atoms with van der Waals surface area (Å²) in [4.78, 5) is 12.3. The van der Waals surface area contributed by atoms with Crippen LogP contribution in [0.1, 0.15) is 64.7 Å². The van der Waals surface area contributed by atoms with Gasteiger partial charge in [-0.05, 0) is 92.8 Å². The van der Waals surface area contributed by atoms with Gasteiger partial charge in [-0.2, -0.15) is 0 Å². The number of Topliss-reactive ketones (excluding diaryl/α,β-unsaturated/α-hetero) is 1. The Hall–Kier alpha value is -0.480. The first-order valence-electron chi connectivity index (χ1n) is 10.3. The van der Waals surface area contributed by atoms with E-state index in [4.69, 9.17) is 0 Å². The lowest BCUT2D eigenvalue weighted by Crippen LogP contribution is -2.52. The Morgan fingerprint density at radius 1 is 1.04 bits per heavy atom. The third kappa shape index (κ3) is 2.70. The predicted octanol–water partition coefficient (Wildman–Crippen LogP) is 3.52. The van der Waals surface area contributed by atoms with Crippen LogP contribution in [0.25, 0.3) is 0 Å². The number of halogens is 1. The van der Waals surface area contributed by atoms with Crippen LogP contribution in [-0.4, -0.2) is 34.9 Å². The first-order valence-corrected chi connectivity index (χ1v) is 10.3.